The number of phenolic OH excluding ortho intramolecular Hbond substituents is 1. The highest BCUT2D eigenvalue weighted by atomic mass is 16.7. The van der Waals surface area contributed by atoms with Crippen molar-refractivity contribution >= 4 is 0 Å². The first-order valence-electron chi connectivity index (χ1n) is 5.79. The van der Waals surface area contributed by atoms with Gasteiger partial charge in [0.1, 0.15) is 35.9 Å². The molecule has 3 unspecified atom stereocenters. The second kappa shape index (κ2) is 5.72. The van der Waals surface area contributed by atoms with Crippen molar-refractivity contribution in [1.82, 2.24) is 0 Å². The number of hydrogen-bond donors (Lipinski definition) is 5. The zero-order valence-corrected chi connectivity index (χ0v) is 9.96. The summed E-state index contributed by atoms with van der Waals surface area (Å²) in [6.07, 6.45) is -6.58. The van der Waals surface area contributed by atoms with Crippen LogP contribution in [0.1, 0.15) is 0 Å². The molecule has 0 aliphatic carbocycles. The molecule has 0 aromatic heterocycles. The number of ether oxygens (including phenoxy) is 2. The Morgan fingerprint density at radius 1 is 1.00 bits per heavy atom. The van der Waals surface area contributed by atoms with Gasteiger partial charge in [0.2, 0.25) is 6.29 Å². The van der Waals surface area contributed by atoms with Crippen molar-refractivity contribution in [2.24, 2.45) is 0 Å². The van der Waals surface area contributed by atoms with Gasteiger partial charge in [0.05, 0.1) is 6.61 Å². The number of hydrogen-bond acceptors (Lipinski definition) is 7. The van der Waals surface area contributed by atoms with Crippen molar-refractivity contribution < 1.29 is 35.0 Å². The Hall–Kier alpha value is -1.38. The van der Waals surface area contributed by atoms with Gasteiger partial charge in [-0.15, -0.1) is 0 Å². The summed E-state index contributed by atoms with van der Waals surface area (Å²) in [5.41, 5.74) is 0. The predicted molar refractivity (Wildman–Crippen MR) is 62.5 cm³/mol. The lowest BCUT2D eigenvalue weighted by Gasteiger charge is -2.39. The zero-order valence-electron chi connectivity index (χ0n) is 9.96. The van der Waals surface area contributed by atoms with Crippen LogP contribution in [0.15, 0.2) is 24.3 Å². The van der Waals surface area contributed by atoms with Gasteiger partial charge in [-0.3, -0.25) is 0 Å². The van der Waals surface area contributed by atoms with E-state index in [4.69, 9.17) is 19.7 Å². The normalized spacial score (nSPS) is 35.1. The molecule has 1 aromatic carbocycles. The Morgan fingerprint density at radius 3 is 2.21 bits per heavy atom. The molecule has 1 fully saturated rings. The summed E-state index contributed by atoms with van der Waals surface area (Å²) in [5.74, 6) is 0.364. The van der Waals surface area contributed by atoms with Crippen LogP contribution >= 0.6 is 0 Å². The third-order valence-corrected chi connectivity index (χ3v) is 2.94. The standard InChI is InChI=1S/C12H16O7/c13-5-8-9(15)10(16)11(17)12(19-8)18-7-3-1-6(14)2-4-7/h1-4,8-17H,5H2/t8?,9-,10?,11?,12+/m1/s1. The van der Waals surface area contributed by atoms with E-state index in [2.05, 4.69) is 0 Å². The molecule has 0 saturated carbocycles. The average molecular weight is 272 g/mol. The second-order valence-corrected chi connectivity index (χ2v) is 4.31. The highest BCUT2D eigenvalue weighted by Gasteiger charge is 2.44. The molecule has 19 heavy (non-hydrogen) atoms. The summed E-state index contributed by atoms with van der Waals surface area (Å²) < 4.78 is 10.5. The number of phenols is 1. The van der Waals surface area contributed by atoms with Crippen LogP contribution in [-0.2, 0) is 4.74 Å². The van der Waals surface area contributed by atoms with Crippen molar-refractivity contribution in [3.8, 4) is 11.5 Å². The molecule has 0 bridgehead atoms. The van der Waals surface area contributed by atoms with Crippen molar-refractivity contribution in [1.29, 1.82) is 0 Å². The lowest BCUT2D eigenvalue weighted by molar-refractivity contribution is -0.277. The molecule has 0 amide bonds. The SMILES string of the molecule is OCC1O[C@H](Oc2ccc(O)cc2)C(O)C(O)[C@@H]1O. The van der Waals surface area contributed by atoms with E-state index in [0.29, 0.717) is 5.75 Å². The fourth-order valence-corrected chi connectivity index (χ4v) is 1.82. The highest BCUT2D eigenvalue weighted by Crippen LogP contribution is 2.25. The van der Waals surface area contributed by atoms with Crippen molar-refractivity contribution in [3.05, 3.63) is 24.3 Å². The van der Waals surface area contributed by atoms with E-state index < -0.39 is 37.3 Å². The van der Waals surface area contributed by atoms with Crippen LogP contribution in [0.2, 0.25) is 0 Å². The summed E-state index contributed by atoms with van der Waals surface area (Å²) in [7, 11) is 0. The number of aromatic hydroxyl groups is 1. The van der Waals surface area contributed by atoms with Crippen molar-refractivity contribution in [2.45, 2.75) is 30.7 Å². The molecule has 5 N–H and O–H groups in total. The van der Waals surface area contributed by atoms with Gasteiger partial charge in [-0.05, 0) is 24.3 Å². The van der Waals surface area contributed by atoms with Gasteiger partial charge in [0.25, 0.3) is 0 Å². The van der Waals surface area contributed by atoms with E-state index in [0.717, 1.165) is 0 Å². The third-order valence-electron chi connectivity index (χ3n) is 2.94. The first-order valence-corrected chi connectivity index (χ1v) is 5.79. The second-order valence-electron chi connectivity index (χ2n) is 4.31. The smallest absolute Gasteiger partial charge is 0.229 e. The Labute approximate surface area is 109 Å². The third kappa shape index (κ3) is 2.96. The summed E-state index contributed by atoms with van der Waals surface area (Å²) in [4.78, 5) is 0. The number of aliphatic hydroxyl groups excluding tert-OH is 4. The van der Waals surface area contributed by atoms with Gasteiger partial charge >= 0.3 is 0 Å². The maximum Gasteiger partial charge on any atom is 0.229 e. The molecule has 1 saturated heterocycles. The minimum atomic E-state index is -1.48. The summed E-state index contributed by atoms with van der Waals surface area (Å²) >= 11 is 0. The van der Waals surface area contributed by atoms with Crippen molar-refractivity contribution in [3.63, 3.8) is 0 Å². The van der Waals surface area contributed by atoms with E-state index in [1.165, 1.54) is 24.3 Å². The molecule has 1 aliphatic rings. The molecule has 7 nitrogen and oxygen atoms in total. The summed E-state index contributed by atoms with van der Waals surface area (Å²) in [6, 6.07) is 5.69. The van der Waals surface area contributed by atoms with Crippen LogP contribution in [0.5, 0.6) is 11.5 Å². The van der Waals surface area contributed by atoms with E-state index >= 15 is 0 Å². The minimum absolute atomic E-state index is 0.0566. The number of rotatable bonds is 3. The monoisotopic (exact) mass is 272 g/mol. The van der Waals surface area contributed by atoms with Crippen LogP contribution in [0, 0.1) is 0 Å². The van der Waals surface area contributed by atoms with Crippen LogP contribution in [0.25, 0.3) is 0 Å². The Kier molecular flexibility index (Phi) is 4.23. The largest absolute Gasteiger partial charge is 0.508 e. The quantitative estimate of drug-likeness (QED) is 0.457. The van der Waals surface area contributed by atoms with Gasteiger partial charge < -0.3 is 35.0 Å². The topological polar surface area (TPSA) is 120 Å². The van der Waals surface area contributed by atoms with E-state index in [9.17, 15) is 15.3 Å². The molecule has 1 aromatic rings. The van der Waals surface area contributed by atoms with Crippen molar-refractivity contribution in [2.75, 3.05) is 6.61 Å². The van der Waals surface area contributed by atoms with Gasteiger partial charge in [-0.1, -0.05) is 0 Å². The molecule has 7 heteroatoms. The Balaban J connectivity index is 2.08. The van der Waals surface area contributed by atoms with Gasteiger partial charge in [0.15, 0.2) is 0 Å². The van der Waals surface area contributed by atoms with Crippen LogP contribution in [0.4, 0.5) is 0 Å². The average Bonchev–Trinajstić information content (AvgIpc) is 2.42. The van der Waals surface area contributed by atoms with Crippen LogP contribution in [-0.4, -0.2) is 62.8 Å². The molecule has 2 rings (SSSR count). The first-order chi connectivity index (χ1) is 9.02. The fourth-order valence-electron chi connectivity index (χ4n) is 1.82. The molecule has 1 heterocycles. The van der Waals surface area contributed by atoms with Gasteiger partial charge in [0, 0.05) is 0 Å². The molecule has 1 aliphatic heterocycles. The minimum Gasteiger partial charge on any atom is -0.508 e. The zero-order chi connectivity index (χ0) is 14.0. The maximum atomic E-state index is 9.75. The van der Waals surface area contributed by atoms with E-state index in [-0.39, 0.29) is 5.75 Å². The number of benzene rings is 1. The lowest BCUT2D eigenvalue weighted by Crippen LogP contribution is -2.60. The summed E-state index contributed by atoms with van der Waals surface area (Å²) in [6.45, 7) is -0.514. The number of aliphatic hydroxyl groups is 4. The molecular formula is C12H16O7. The lowest BCUT2D eigenvalue weighted by atomic mass is 9.99. The fraction of sp³-hybridized carbons (Fsp3) is 0.500. The molecule has 0 spiro atoms. The molecule has 0 radical (unpaired) electrons. The molecular weight excluding hydrogens is 256 g/mol. The molecule has 106 valence electrons. The van der Waals surface area contributed by atoms with E-state index in [1.54, 1.807) is 0 Å². The van der Waals surface area contributed by atoms with Crippen LogP contribution in [0.3, 0.4) is 0 Å². The highest BCUT2D eigenvalue weighted by molar-refractivity contribution is 5.30. The summed E-state index contributed by atoms with van der Waals surface area (Å²) in [5, 5.41) is 47.1. The van der Waals surface area contributed by atoms with Crippen LogP contribution < -0.4 is 4.74 Å². The van der Waals surface area contributed by atoms with Gasteiger partial charge in [-0.2, -0.15) is 0 Å². The predicted octanol–water partition coefficient (Wildman–Crippen LogP) is -1.43. The van der Waals surface area contributed by atoms with Gasteiger partial charge in [-0.25, -0.2) is 0 Å². The van der Waals surface area contributed by atoms with E-state index in [1.807, 2.05) is 0 Å². The first kappa shape index (κ1) is 14.0. The Morgan fingerprint density at radius 2 is 1.63 bits per heavy atom. The maximum absolute atomic E-state index is 9.75. The Bertz CT molecular complexity index is 405. The molecule has 5 atom stereocenters.